The predicted octanol–water partition coefficient (Wildman–Crippen LogP) is 2.17. The van der Waals surface area contributed by atoms with Gasteiger partial charge in [0.05, 0.1) is 5.00 Å². The van der Waals surface area contributed by atoms with Gasteiger partial charge in [-0.2, -0.15) is 5.11 Å². The maximum atomic E-state index is 11.8. The maximum absolute atomic E-state index is 11.8. The number of primary amides is 1. The molecule has 146 valence electrons. The molecule has 1 amide bonds. The largest absolute Gasteiger partial charge is 0.368 e. The van der Waals surface area contributed by atoms with Gasteiger partial charge in [-0.3, -0.25) is 4.79 Å². The van der Waals surface area contributed by atoms with Gasteiger partial charge < -0.3 is 21.7 Å². The van der Waals surface area contributed by atoms with Crippen molar-refractivity contribution in [1.29, 1.82) is 0 Å². The Labute approximate surface area is 167 Å². The van der Waals surface area contributed by atoms with Crippen LogP contribution in [0.3, 0.4) is 0 Å². The van der Waals surface area contributed by atoms with E-state index in [1.807, 2.05) is 24.3 Å². The number of hydrogen-bond donors (Lipinski definition) is 4. The second kappa shape index (κ2) is 8.49. The summed E-state index contributed by atoms with van der Waals surface area (Å²) >= 11 is 1.55. The third kappa shape index (κ3) is 4.37. The number of nitrogens with two attached hydrogens (primary N) is 1. The van der Waals surface area contributed by atoms with Crippen molar-refractivity contribution >= 4 is 28.2 Å². The van der Waals surface area contributed by atoms with Crippen molar-refractivity contribution in [2.75, 3.05) is 18.4 Å². The van der Waals surface area contributed by atoms with E-state index >= 15 is 0 Å². The van der Waals surface area contributed by atoms with Crippen molar-refractivity contribution in [2.45, 2.75) is 31.1 Å². The lowest BCUT2D eigenvalue weighted by Gasteiger charge is -2.27. The third-order valence-electron chi connectivity index (χ3n) is 4.76. The number of piperidine rings is 1. The second-order valence-electron chi connectivity index (χ2n) is 6.86. The van der Waals surface area contributed by atoms with Gasteiger partial charge in [0.1, 0.15) is 0 Å². The number of benzene rings is 1. The third-order valence-corrected chi connectivity index (χ3v) is 5.62. The Kier molecular flexibility index (Phi) is 5.63. The van der Waals surface area contributed by atoms with E-state index in [-0.39, 0.29) is 6.04 Å². The smallest absolute Gasteiger partial charge is 0.248 e. The molecular formula is C19H23N7OS. The molecule has 5 N–H and O–H groups in total. The van der Waals surface area contributed by atoms with Crippen LogP contribution in [0.5, 0.6) is 0 Å². The van der Waals surface area contributed by atoms with Gasteiger partial charge in [0.15, 0.2) is 12.2 Å². The Hall–Kier alpha value is -2.78. The minimum Gasteiger partial charge on any atom is -0.368 e. The van der Waals surface area contributed by atoms with Gasteiger partial charge in [0, 0.05) is 18.0 Å². The molecule has 0 spiro atoms. The van der Waals surface area contributed by atoms with Crippen LogP contribution in [0, 0.1) is 0 Å². The zero-order valence-electron chi connectivity index (χ0n) is 15.3. The first kappa shape index (κ1) is 18.6. The van der Waals surface area contributed by atoms with Crippen molar-refractivity contribution in [3.8, 4) is 11.1 Å². The quantitative estimate of drug-likeness (QED) is 0.619. The molecule has 8 nitrogen and oxygen atoms in total. The standard InChI is InChI=1S/C19H23N7OS/c20-17(27)16-18(24-19(26-25-16)22-14-7-4-8-21-10-14)23-15-9-13(11-28-15)12-5-2-1-3-6-12/h1-3,5-6,9,11,14,16,18,21,23H,4,7-8,10H2,(H2,20,27)(H,22,24)/t14-,16?,18?/m0/s1. The lowest BCUT2D eigenvalue weighted by molar-refractivity contribution is -0.119. The van der Waals surface area contributed by atoms with E-state index in [2.05, 4.69) is 48.7 Å². The first-order valence-corrected chi connectivity index (χ1v) is 10.2. The monoisotopic (exact) mass is 397 g/mol. The van der Waals surface area contributed by atoms with Gasteiger partial charge in [-0.05, 0) is 36.6 Å². The van der Waals surface area contributed by atoms with Crippen molar-refractivity contribution in [1.82, 2.24) is 10.6 Å². The number of anilines is 1. The normalized spacial score (nSPS) is 24.4. The zero-order valence-corrected chi connectivity index (χ0v) is 16.2. The average Bonchev–Trinajstić information content (AvgIpc) is 3.18. The minimum absolute atomic E-state index is 0.253. The van der Waals surface area contributed by atoms with Crippen LogP contribution in [-0.2, 0) is 4.79 Å². The molecule has 0 bridgehead atoms. The van der Waals surface area contributed by atoms with Gasteiger partial charge in [-0.15, -0.1) is 16.5 Å². The van der Waals surface area contributed by atoms with Crippen LogP contribution >= 0.6 is 11.3 Å². The summed E-state index contributed by atoms with van der Waals surface area (Å²) in [6, 6.07) is 11.6. The fourth-order valence-electron chi connectivity index (χ4n) is 3.30. The number of amides is 1. The summed E-state index contributed by atoms with van der Waals surface area (Å²) < 4.78 is 0. The summed E-state index contributed by atoms with van der Waals surface area (Å²) in [4.78, 5) is 16.4. The molecule has 28 heavy (non-hydrogen) atoms. The Balaban J connectivity index is 1.49. The van der Waals surface area contributed by atoms with E-state index in [1.165, 1.54) is 0 Å². The van der Waals surface area contributed by atoms with Crippen LogP contribution < -0.4 is 21.7 Å². The molecule has 0 saturated carbocycles. The fourth-order valence-corrected chi connectivity index (χ4v) is 4.14. The SMILES string of the molecule is NC(=O)C1N=NC(N[C@H]2CCCNC2)=NC1Nc1cc(-c2ccccc2)cs1. The van der Waals surface area contributed by atoms with Gasteiger partial charge >= 0.3 is 0 Å². The molecule has 9 heteroatoms. The molecule has 0 radical (unpaired) electrons. The van der Waals surface area contributed by atoms with E-state index in [9.17, 15) is 4.79 Å². The number of aliphatic imine (C=N–C) groups is 1. The summed E-state index contributed by atoms with van der Waals surface area (Å²) in [5.41, 5.74) is 7.75. The number of carbonyl (C=O) groups excluding carboxylic acids is 1. The lowest BCUT2D eigenvalue weighted by Crippen LogP contribution is -2.48. The molecule has 2 aliphatic heterocycles. The van der Waals surface area contributed by atoms with Crippen LogP contribution in [0.25, 0.3) is 11.1 Å². The summed E-state index contributed by atoms with van der Waals surface area (Å²) in [7, 11) is 0. The van der Waals surface area contributed by atoms with Crippen molar-refractivity contribution in [2.24, 2.45) is 21.0 Å². The number of azo groups is 1. The Morgan fingerprint density at radius 2 is 2.07 bits per heavy atom. The summed E-state index contributed by atoms with van der Waals surface area (Å²) in [6.07, 6.45) is 1.56. The molecule has 2 aliphatic rings. The molecule has 3 heterocycles. The highest BCUT2D eigenvalue weighted by Gasteiger charge is 2.31. The summed E-state index contributed by atoms with van der Waals surface area (Å²) in [5, 5.41) is 21.1. The van der Waals surface area contributed by atoms with Gasteiger partial charge in [0.2, 0.25) is 11.9 Å². The van der Waals surface area contributed by atoms with Gasteiger partial charge in [0.25, 0.3) is 0 Å². The van der Waals surface area contributed by atoms with Crippen LogP contribution in [0.15, 0.2) is 57.0 Å². The number of nitrogens with one attached hydrogen (secondary N) is 3. The number of nitrogens with zero attached hydrogens (tertiary/aromatic N) is 3. The Morgan fingerprint density at radius 1 is 1.21 bits per heavy atom. The second-order valence-corrected chi connectivity index (χ2v) is 7.77. The van der Waals surface area contributed by atoms with Crippen molar-refractivity contribution in [3.63, 3.8) is 0 Å². The predicted molar refractivity (Wildman–Crippen MR) is 111 cm³/mol. The van der Waals surface area contributed by atoms with Crippen LogP contribution in [0.4, 0.5) is 5.00 Å². The molecule has 4 rings (SSSR count). The van der Waals surface area contributed by atoms with Crippen molar-refractivity contribution < 1.29 is 4.79 Å². The zero-order chi connectivity index (χ0) is 19.3. The number of thiophene rings is 1. The molecule has 1 aromatic carbocycles. The average molecular weight is 398 g/mol. The van der Waals surface area contributed by atoms with Crippen LogP contribution in [0.1, 0.15) is 12.8 Å². The van der Waals surface area contributed by atoms with Crippen LogP contribution in [0.2, 0.25) is 0 Å². The van der Waals surface area contributed by atoms with Gasteiger partial charge in [-0.25, -0.2) is 4.99 Å². The molecule has 2 aromatic rings. The van der Waals surface area contributed by atoms with E-state index < -0.39 is 18.1 Å². The first-order chi connectivity index (χ1) is 13.7. The summed E-state index contributed by atoms with van der Waals surface area (Å²) in [6.45, 7) is 1.89. The number of guanidine groups is 1. The highest BCUT2D eigenvalue weighted by Crippen LogP contribution is 2.30. The molecule has 1 fully saturated rings. The van der Waals surface area contributed by atoms with Crippen LogP contribution in [-0.4, -0.2) is 43.2 Å². The Bertz CT molecular complexity index is 873. The molecular weight excluding hydrogens is 374 g/mol. The molecule has 2 unspecified atom stereocenters. The van der Waals surface area contributed by atoms with E-state index in [1.54, 1.807) is 11.3 Å². The molecule has 0 aliphatic carbocycles. The number of rotatable bonds is 5. The fraction of sp³-hybridized carbons (Fsp3) is 0.368. The Morgan fingerprint density at radius 3 is 2.82 bits per heavy atom. The number of hydrogen-bond acceptors (Lipinski definition) is 8. The van der Waals surface area contributed by atoms with E-state index in [4.69, 9.17) is 5.73 Å². The molecule has 1 saturated heterocycles. The van der Waals surface area contributed by atoms with E-state index in [0.717, 1.165) is 42.1 Å². The topological polar surface area (TPSA) is 116 Å². The minimum atomic E-state index is -0.836. The van der Waals surface area contributed by atoms with Crippen molar-refractivity contribution in [3.05, 3.63) is 41.8 Å². The molecule has 3 atom stereocenters. The highest BCUT2D eigenvalue weighted by molar-refractivity contribution is 7.14. The molecule has 1 aromatic heterocycles. The first-order valence-electron chi connectivity index (χ1n) is 9.35. The van der Waals surface area contributed by atoms with Gasteiger partial charge in [-0.1, -0.05) is 30.3 Å². The lowest BCUT2D eigenvalue weighted by atomic mass is 10.1. The van der Waals surface area contributed by atoms with E-state index in [0.29, 0.717) is 5.96 Å². The highest BCUT2D eigenvalue weighted by atomic mass is 32.1. The number of carbonyl (C=O) groups is 1. The maximum Gasteiger partial charge on any atom is 0.248 e. The summed E-state index contributed by atoms with van der Waals surface area (Å²) in [5.74, 6) is -0.119.